The maximum atomic E-state index is 5.07. The van der Waals surface area contributed by atoms with Crippen molar-refractivity contribution in [2.45, 2.75) is 0 Å². The first-order valence-corrected chi connectivity index (χ1v) is 19.8. The Morgan fingerprint density at radius 2 is 0.814 bits per heavy atom. The van der Waals surface area contributed by atoms with Crippen molar-refractivity contribution in [2.75, 3.05) is 0 Å². The van der Waals surface area contributed by atoms with Crippen LogP contribution in [0, 0.1) is 0 Å². The predicted octanol–water partition coefficient (Wildman–Crippen LogP) is 13.5. The Labute approximate surface area is 341 Å². The van der Waals surface area contributed by atoms with Gasteiger partial charge in [-0.3, -0.25) is 0 Å². The lowest BCUT2D eigenvalue weighted by Crippen LogP contribution is -1.97. The van der Waals surface area contributed by atoms with Crippen LogP contribution in [0.2, 0.25) is 0 Å². The van der Waals surface area contributed by atoms with E-state index < -0.39 is 0 Å². The minimum atomic E-state index is 0.671. The van der Waals surface area contributed by atoms with Crippen LogP contribution in [0.4, 0.5) is 0 Å². The Morgan fingerprint density at radius 3 is 1.42 bits per heavy atom. The lowest BCUT2D eigenvalue weighted by Gasteiger charge is -2.12. The first-order valence-electron chi connectivity index (χ1n) is 19.8. The van der Waals surface area contributed by atoms with Gasteiger partial charge in [-0.25, -0.2) is 19.9 Å². The molecule has 7 aromatic carbocycles. The molecule has 0 N–H and O–H groups in total. The Hall–Kier alpha value is -8.02. The third kappa shape index (κ3) is 6.32. The summed E-state index contributed by atoms with van der Waals surface area (Å²) in [6.45, 7) is 0. The van der Waals surface area contributed by atoms with Gasteiger partial charge in [0, 0.05) is 50.9 Å². The second kappa shape index (κ2) is 14.5. The SMILES string of the molecule is c1ccc(-c2ccc3c(c2)c2cc(-c4ccccc4)ccc2n3-c2ccc(-c3ccc(-c4cc(-c5ccnc6ncccc56)nc(-c5ccccc5)n4)cc3)cc2)cc1. The fraction of sp³-hybridized carbons (Fsp3) is 0. The predicted molar refractivity (Wildman–Crippen MR) is 242 cm³/mol. The maximum Gasteiger partial charge on any atom is 0.160 e. The molecule has 0 fully saturated rings. The smallest absolute Gasteiger partial charge is 0.160 e. The van der Waals surface area contributed by atoms with Gasteiger partial charge in [-0.05, 0) is 94.0 Å². The van der Waals surface area contributed by atoms with E-state index in [4.69, 9.17) is 9.97 Å². The van der Waals surface area contributed by atoms with Gasteiger partial charge in [0.1, 0.15) is 0 Å². The molecule has 0 spiro atoms. The summed E-state index contributed by atoms with van der Waals surface area (Å²) in [5.41, 5.74) is 15.9. The van der Waals surface area contributed by atoms with Crippen LogP contribution >= 0.6 is 0 Å². The minimum Gasteiger partial charge on any atom is -0.309 e. The summed E-state index contributed by atoms with van der Waals surface area (Å²) < 4.78 is 2.39. The van der Waals surface area contributed by atoms with E-state index in [1.165, 1.54) is 44.1 Å². The largest absolute Gasteiger partial charge is 0.309 e. The maximum absolute atomic E-state index is 5.07. The zero-order valence-electron chi connectivity index (χ0n) is 31.9. The topological polar surface area (TPSA) is 56.5 Å². The first kappa shape index (κ1) is 34.2. The second-order valence-electron chi connectivity index (χ2n) is 14.7. The van der Waals surface area contributed by atoms with Crippen molar-refractivity contribution in [3.63, 3.8) is 0 Å². The molecule has 5 nitrogen and oxygen atoms in total. The number of benzene rings is 7. The Balaban J connectivity index is 0.963. The van der Waals surface area contributed by atoms with Crippen molar-refractivity contribution in [1.29, 1.82) is 0 Å². The lowest BCUT2D eigenvalue weighted by atomic mass is 10.0. The quantitative estimate of drug-likeness (QED) is 0.163. The molecule has 276 valence electrons. The molecule has 0 amide bonds. The highest BCUT2D eigenvalue weighted by atomic mass is 15.0. The summed E-state index contributed by atoms with van der Waals surface area (Å²) in [5, 5.41) is 3.42. The van der Waals surface area contributed by atoms with Gasteiger partial charge in [0.25, 0.3) is 0 Å². The molecule has 0 saturated heterocycles. The lowest BCUT2D eigenvalue weighted by molar-refractivity contribution is 1.18. The molecular formula is C54H35N5. The molecule has 0 radical (unpaired) electrons. The number of rotatable bonds is 7. The van der Waals surface area contributed by atoms with Crippen molar-refractivity contribution in [3.05, 3.63) is 213 Å². The van der Waals surface area contributed by atoms with Crippen molar-refractivity contribution in [2.24, 2.45) is 0 Å². The van der Waals surface area contributed by atoms with Gasteiger partial charge in [0.15, 0.2) is 11.5 Å². The van der Waals surface area contributed by atoms with Gasteiger partial charge >= 0.3 is 0 Å². The summed E-state index contributed by atoms with van der Waals surface area (Å²) >= 11 is 0. The normalized spacial score (nSPS) is 11.4. The van der Waals surface area contributed by atoms with E-state index in [2.05, 4.69) is 166 Å². The third-order valence-corrected chi connectivity index (χ3v) is 11.2. The van der Waals surface area contributed by atoms with E-state index in [9.17, 15) is 0 Å². The molecule has 0 atom stereocenters. The van der Waals surface area contributed by atoms with E-state index in [1.54, 1.807) is 12.4 Å². The zero-order valence-corrected chi connectivity index (χ0v) is 31.9. The van der Waals surface area contributed by atoms with E-state index in [-0.39, 0.29) is 0 Å². The first-order chi connectivity index (χ1) is 29.2. The number of fused-ring (bicyclic) bond motifs is 4. The number of pyridine rings is 2. The van der Waals surface area contributed by atoms with Crippen molar-refractivity contribution in [3.8, 4) is 73.0 Å². The van der Waals surface area contributed by atoms with Crippen LogP contribution < -0.4 is 0 Å². The number of hydrogen-bond acceptors (Lipinski definition) is 4. The molecule has 11 aromatic rings. The number of hydrogen-bond donors (Lipinski definition) is 0. The molecule has 4 heterocycles. The molecule has 4 aromatic heterocycles. The molecular weight excluding hydrogens is 719 g/mol. The highest BCUT2D eigenvalue weighted by Gasteiger charge is 2.16. The van der Waals surface area contributed by atoms with E-state index in [0.717, 1.165) is 50.3 Å². The van der Waals surface area contributed by atoms with Crippen LogP contribution in [0.5, 0.6) is 0 Å². The fourth-order valence-electron chi connectivity index (χ4n) is 8.21. The van der Waals surface area contributed by atoms with Crippen molar-refractivity contribution < 1.29 is 0 Å². The Morgan fingerprint density at radius 1 is 0.322 bits per heavy atom. The summed E-state index contributed by atoms with van der Waals surface area (Å²) in [6, 6.07) is 70.7. The molecule has 0 aliphatic rings. The van der Waals surface area contributed by atoms with Gasteiger partial charge in [-0.15, -0.1) is 0 Å². The highest BCUT2D eigenvalue weighted by Crippen LogP contribution is 2.38. The molecule has 0 unspecified atom stereocenters. The standard InChI is InChI=1S/C54H35N5/c1-4-11-36(12-5-1)42-24-28-51-47(33-42)48-34-43(37-13-6-2-7-14-37)25-29-52(48)59(51)44-26-22-39(23-27-44)38-18-20-40(21-19-38)49-35-50(58-53(57-49)41-15-8-3-9-16-41)45-30-32-56-54-46(45)17-10-31-55-54/h1-35H. The molecule has 5 heteroatoms. The zero-order chi connectivity index (χ0) is 39.1. The summed E-state index contributed by atoms with van der Waals surface area (Å²) in [7, 11) is 0. The van der Waals surface area contributed by atoms with Crippen LogP contribution in [-0.2, 0) is 0 Å². The summed E-state index contributed by atoms with van der Waals surface area (Å²) in [5.74, 6) is 0.671. The molecule has 0 aliphatic heterocycles. The van der Waals surface area contributed by atoms with E-state index >= 15 is 0 Å². The van der Waals surface area contributed by atoms with Gasteiger partial charge in [0.05, 0.1) is 22.4 Å². The third-order valence-electron chi connectivity index (χ3n) is 11.2. The summed E-state index contributed by atoms with van der Waals surface area (Å²) in [4.78, 5) is 19.1. The van der Waals surface area contributed by atoms with Gasteiger partial charge < -0.3 is 4.57 Å². The van der Waals surface area contributed by atoms with E-state index in [1.807, 2.05) is 48.5 Å². The van der Waals surface area contributed by atoms with Crippen LogP contribution in [0.3, 0.4) is 0 Å². The van der Waals surface area contributed by atoms with Crippen molar-refractivity contribution in [1.82, 2.24) is 24.5 Å². The average Bonchev–Trinajstić information content (AvgIpc) is 3.65. The summed E-state index contributed by atoms with van der Waals surface area (Å²) in [6.07, 6.45) is 3.56. The van der Waals surface area contributed by atoms with Crippen molar-refractivity contribution >= 4 is 32.8 Å². The van der Waals surface area contributed by atoms with Gasteiger partial charge in [-0.1, -0.05) is 140 Å². The monoisotopic (exact) mass is 753 g/mol. The van der Waals surface area contributed by atoms with Crippen LogP contribution in [0.1, 0.15) is 0 Å². The average molecular weight is 754 g/mol. The van der Waals surface area contributed by atoms with Gasteiger partial charge in [-0.2, -0.15) is 0 Å². The second-order valence-corrected chi connectivity index (χ2v) is 14.7. The molecule has 59 heavy (non-hydrogen) atoms. The highest BCUT2D eigenvalue weighted by molar-refractivity contribution is 6.11. The van der Waals surface area contributed by atoms with Crippen LogP contribution in [0.25, 0.3) is 106 Å². The van der Waals surface area contributed by atoms with Crippen LogP contribution in [-0.4, -0.2) is 24.5 Å². The molecule has 0 bridgehead atoms. The Bertz CT molecular complexity index is 3180. The number of aromatic nitrogens is 5. The minimum absolute atomic E-state index is 0.671. The fourth-order valence-corrected chi connectivity index (χ4v) is 8.21. The molecule has 0 saturated carbocycles. The number of nitrogens with zero attached hydrogens (tertiary/aromatic N) is 5. The van der Waals surface area contributed by atoms with Gasteiger partial charge in [0.2, 0.25) is 0 Å². The molecule has 0 aliphatic carbocycles. The molecule has 11 rings (SSSR count). The van der Waals surface area contributed by atoms with E-state index in [0.29, 0.717) is 11.5 Å². The Kier molecular flexibility index (Phi) is 8.41. The van der Waals surface area contributed by atoms with Crippen LogP contribution in [0.15, 0.2) is 213 Å².